The topological polar surface area (TPSA) is 42.1 Å². The average Bonchev–Trinajstić information content (AvgIpc) is 3.04. The zero-order valence-electron chi connectivity index (χ0n) is 15.8. The van der Waals surface area contributed by atoms with Gasteiger partial charge in [0.2, 0.25) is 0 Å². The van der Waals surface area contributed by atoms with Crippen molar-refractivity contribution in [3.63, 3.8) is 0 Å². The molecule has 0 fully saturated rings. The van der Waals surface area contributed by atoms with Gasteiger partial charge in [0, 0.05) is 21.9 Å². The number of aryl methyl sites for hydroxylation is 2. The average molecular weight is 444 g/mol. The standard InChI is InChI=1S/C14H17N.C9H9BrO2.CH4/c1-2-4-9-13-11(7-3-1)12-8-5-6-10-14(12)15-13;1-12-9(11)8-4-2-7(6-10)3-5-8;/h5-6,8,10,15H,1-4,7,9H2;2-5H,6H2,1H3;1H4. The number of aromatic nitrogens is 1. The molecule has 0 bridgehead atoms. The zero-order valence-corrected chi connectivity index (χ0v) is 17.3. The number of aromatic amines is 1. The van der Waals surface area contributed by atoms with Crippen LogP contribution in [0.1, 0.15) is 60.3 Å². The van der Waals surface area contributed by atoms with Gasteiger partial charge in [-0.15, -0.1) is 0 Å². The number of alkyl halides is 1. The van der Waals surface area contributed by atoms with E-state index in [1.165, 1.54) is 62.2 Å². The van der Waals surface area contributed by atoms with E-state index >= 15 is 0 Å². The molecule has 1 aromatic heterocycles. The van der Waals surface area contributed by atoms with E-state index in [0.29, 0.717) is 5.56 Å². The molecule has 1 aliphatic rings. The second-order valence-corrected chi connectivity index (χ2v) is 7.42. The second kappa shape index (κ2) is 11.1. The van der Waals surface area contributed by atoms with E-state index < -0.39 is 0 Å². The van der Waals surface area contributed by atoms with Gasteiger partial charge in [0.05, 0.1) is 12.7 Å². The highest BCUT2D eigenvalue weighted by Crippen LogP contribution is 2.27. The van der Waals surface area contributed by atoms with Crippen molar-refractivity contribution in [3.8, 4) is 0 Å². The van der Waals surface area contributed by atoms with E-state index in [-0.39, 0.29) is 13.4 Å². The number of benzene rings is 2. The van der Waals surface area contributed by atoms with Crippen molar-refractivity contribution in [1.29, 1.82) is 0 Å². The molecule has 0 aliphatic heterocycles. The highest BCUT2D eigenvalue weighted by atomic mass is 79.9. The first-order valence-corrected chi connectivity index (χ1v) is 10.7. The van der Waals surface area contributed by atoms with Gasteiger partial charge < -0.3 is 9.72 Å². The molecule has 0 saturated heterocycles. The third kappa shape index (κ3) is 5.48. The first kappa shape index (κ1) is 22.2. The lowest BCUT2D eigenvalue weighted by Gasteiger charge is -2.09. The zero-order chi connectivity index (χ0) is 19.1. The Morgan fingerprint density at radius 2 is 1.68 bits per heavy atom. The normalized spacial score (nSPS) is 13.2. The van der Waals surface area contributed by atoms with Gasteiger partial charge in [-0.3, -0.25) is 0 Å². The van der Waals surface area contributed by atoms with Crippen LogP contribution in [0.2, 0.25) is 0 Å². The van der Waals surface area contributed by atoms with Crippen molar-refractivity contribution in [1.82, 2.24) is 4.98 Å². The molecule has 150 valence electrons. The van der Waals surface area contributed by atoms with Gasteiger partial charge in [0.25, 0.3) is 0 Å². The number of para-hydroxylation sites is 1. The van der Waals surface area contributed by atoms with Crippen LogP contribution in [-0.4, -0.2) is 18.1 Å². The summed E-state index contributed by atoms with van der Waals surface area (Å²) in [6.07, 6.45) is 8.01. The van der Waals surface area contributed by atoms with E-state index in [1.54, 1.807) is 17.7 Å². The fraction of sp³-hybridized carbons (Fsp3) is 0.375. The first-order valence-electron chi connectivity index (χ1n) is 9.54. The first-order chi connectivity index (χ1) is 13.2. The molecule has 0 atom stereocenters. The SMILES string of the molecule is C.COC(=O)c1ccc(CBr)cc1.c1ccc2c3c([nH]c2c1)CCCCCC3. The van der Waals surface area contributed by atoms with Crippen molar-refractivity contribution < 1.29 is 9.53 Å². The molecule has 0 unspecified atom stereocenters. The molecule has 4 rings (SSSR count). The van der Waals surface area contributed by atoms with Crippen LogP contribution < -0.4 is 0 Å². The van der Waals surface area contributed by atoms with E-state index in [9.17, 15) is 4.79 Å². The molecule has 4 heteroatoms. The Bertz CT molecular complexity index is 883. The molecule has 0 amide bonds. The number of carbonyl (C=O) groups is 1. The summed E-state index contributed by atoms with van der Waals surface area (Å²) in [5, 5.41) is 2.25. The van der Waals surface area contributed by atoms with E-state index in [0.717, 1.165) is 10.9 Å². The Balaban J connectivity index is 0.000000199. The van der Waals surface area contributed by atoms with Crippen LogP contribution in [0.5, 0.6) is 0 Å². The van der Waals surface area contributed by atoms with Crippen LogP contribution >= 0.6 is 15.9 Å². The molecule has 3 aromatic rings. The molecule has 1 N–H and O–H groups in total. The van der Waals surface area contributed by atoms with Crippen LogP contribution in [0.25, 0.3) is 10.9 Å². The van der Waals surface area contributed by atoms with E-state index in [2.05, 4.69) is 49.9 Å². The van der Waals surface area contributed by atoms with Gasteiger partial charge in [-0.2, -0.15) is 0 Å². The van der Waals surface area contributed by atoms with Crippen LogP contribution in [-0.2, 0) is 22.9 Å². The molecule has 2 aromatic carbocycles. The van der Waals surface area contributed by atoms with Gasteiger partial charge in [-0.25, -0.2) is 4.79 Å². The smallest absolute Gasteiger partial charge is 0.337 e. The summed E-state index contributed by atoms with van der Waals surface area (Å²) < 4.78 is 4.56. The number of ether oxygens (including phenoxy) is 1. The number of rotatable bonds is 2. The summed E-state index contributed by atoms with van der Waals surface area (Å²) in [6, 6.07) is 16.0. The Labute approximate surface area is 176 Å². The monoisotopic (exact) mass is 443 g/mol. The molecule has 0 radical (unpaired) electrons. The maximum Gasteiger partial charge on any atom is 0.337 e. The largest absolute Gasteiger partial charge is 0.465 e. The minimum Gasteiger partial charge on any atom is -0.465 e. The second-order valence-electron chi connectivity index (χ2n) is 6.86. The summed E-state index contributed by atoms with van der Waals surface area (Å²) >= 11 is 3.32. The molecule has 0 spiro atoms. The molecular formula is C24H30BrNO2. The molecule has 3 nitrogen and oxygen atoms in total. The lowest BCUT2D eigenvalue weighted by Crippen LogP contribution is -2.00. The lowest BCUT2D eigenvalue weighted by molar-refractivity contribution is 0.0600. The van der Waals surface area contributed by atoms with Gasteiger partial charge in [-0.05, 0) is 55.0 Å². The Morgan fingerprint density at radius 1 is 1.00 bits per heavy atom. The van der Waals surface area contributed by atoms with Crippen molar-refractivity contribution in [2.75, 3.05) is 7.11 Å². The van der Waals surface area contributed by atoms with Crippen molar-refractivity contribution in [3.05, 3.63) is 70.9 Å². The van der Waals surface area contributed by atoms with Crippen molar-refractivity contribution >= 4 is 32.8 Å². The lowest BCUT2D eigenvalue weighted by atomic mass is 9.97. The third-order valence-electron chi connectivity index (χ3n) is 5.03. The Hall–Kier alpha value is -2.07. The number of nitrogens with one attached hydrogen (secondary N) is 1. The Morgan fingerprint density at radius 3 is 2.36 bits per heavy atom. The highest BCUT2D eigenvalue weighted by molar-refractivity contribution is 9.08. The molecule has 28 heavy (non-hydrogen) atoms. The number of hydrogen-bond acceptors (Lipinski definition) is 2. The summed E-state index contributed by atoms with van der Waals surface area (Å²) in [5.41, 5.74) is 6.13. The number of methoxy groups -OCH3 is 1. The maximum atomic E-state index is 11.0. The predicted octanol–water partition coefficient (Wildman–Crippen LogP) is 6.83. The van der Waals surface area contributed by atoms with Gasteiger partial charge in [0.1, 0.15) is 0 Å². The summed E-state index contributed by atoms with van der Waals surface area (Å²) in [5.74, 6) is -0.295. The maximum absolute atomic E-state index is 11.0. The van der Waals surface area contributed by atoms with Crippen LogP contribution in [0.3, 0.4) is 0 Å². The third-order valence-corrected chi connectivity index (χ3v) is 5.68. The highest BCUT2D eigenvalue weighted by Gasteiger charge is 2.12. The number of fused-ring (bicyclic) bond motifs is 3. The fourth-order valence-corrected chi connectivity index (χ4v) is 3.93. The van der Waals surface area contributed by atoms with E-state index in [4.69, 9.17) is 0 Å². The summed E-state index contributed by atoms with van der Waals surface area (Å²) in [4.78, 5) is 14.6. The van der Waals surface area contributed by atoms with Crippen molar-refractivity contribution in [2.24, 2.45) is 0 Å². The summed E-state index contributed by atoms with van der Waals surface area (Å²) in [7, 11) is 1.38. The van der Waals surface area contributed by atoms with Gasteiger partial charge in [0.15, 0.2) is 0 Å². The van der Waals surface area contributed by atoms with Crippen LogP contribution in [0.15, 0.2) is 48.5 Å². The van der Waals surface area contributed by atoms with E-state index in [1.807, 2.05) is 12.1 Å². The number of carbonyl (C=O) groups excluding carboxylic acids is 1. The number of H-pyrrole nitrogens is 1. The van der Waals surface area contributed by atoms with Crippen molar-refractivity contribution in [2.45, 2.75) is 51.3 Å². The summed E-state index contributed by atoms with van der Waals surface area (Å²) in [6.45, 7) is 0. The quantitative estimate of drug-likeness (QED) is 0.348. The molecule has 1 heterocycles. The molecule has 1 aliphatic carbocycles. The number of hydrogen-bond donors (Lipinski definition) is 1. The fourth-order valence-electron chi connectivity index (χ4n) is 3.56. The Kier molecular flexibility index (Phi) is 8.78. The number of esters is 1. The van der Waals surface area contributed by atoms with Gasteiger partial charge >= 0.3 is 5.97 Å². The minimum atomic E-state index is -0.295. The minimum absolute atomic E-state index is 0. The predicted molar refractivity (Wildman–Crippen MR) is 121 cm³/mol. The van der Waals surface area contributed by atoms with Crippen LogP contribution in [0.4, 0.5) is 0 Å². The molecule has 0 saturated carbocycles. The molecular weight excluding hydrogens is 414 g/mol. The van der Waals surface area contributed by atoms with Gasteiger partial charge in [-0.1, -0.05) is 66.5 Å². The van der Waals surface area contributed by atoms with Crippen LogP contribution in [0, 0.1) is 0 Å². The number of halogens is 1.